The van der Waals surface area contributed by atoms with Crippen LogP contribution in [0, 0.1) is 5.82 Å². The lowest BCUT2D eigenvalue weighted by atomic mass is 10.2. The molecule has 2 N–H and O–H groups in total. The van der Waals surface area contributed by atoms with E-state index >= 15 is 0 Å². The molecule has 0 spiro atoms. The van der Waals surface area contributed by atoms with Gasteiger partial charge in [-0.1, -0.05) is 13.8 Å². The molecule has 0 fully saturated rings. The molecule has 0 aliphatic heterocycles. The number of aromatic nitrogens is 1. The average molecular weight is 197 g/mol. The highest BCUT2D eigenvalue weighted by molar-refractivity contribution is 5.38. The summed E-state index contributed by atoms with van der Waals surface area (Å²) in [4.78, 5) is 3.87. The van der Waals surface area contributed by atoms with Crippen molar-refractivity contribution in [2.45, 2.75) is 26.4 Å². The van der Waals surface area contributed by atoms with Gasteiger partial charge >= 0.3 is 0 Å². The molecule has 1 aromatic rings. The molecular weight excluding hydrogens is 181 g/mol. The summed E-state index contributed by atoms with van der Waals surface area (Å²) in [6.07, 6.45) is 1.60. The maximum absolute atomic E-state index is 13.6. The largest absolute Gasteiger partial charge is 0.371 e. The number of nitrogens with one attached hydrogen (secondary N) is 2. The third-order valence-corrected chi connectivity index (χ3v) is 1.91. The van der Waals surface area contributed by atoms with Crippen LogP contribution in [0.3, 0.4) is 0 Å². The topological polar surface area (TPSA) is 37.0 Å². The van der Waals surface area contributed by atoms with Crippen molar-refractivity contribution in [2.75, 3.05) is 12.4 Å². The van der Waals surface area contributed by atoms with Crippen molar-refractivity contribution in [3.63, 3.8) is 0 Å². The molecule has 0 radical (unpaired) electrons. The zero-order valence-corrected chi connectivity index (χ0v) is 8.76. The van der Waals surface area contributed by atoms with Gasteiger partial charge in [-0.2, -0.15) is 0 Å². The molecule has 0 saturated carbocycles. The quantitative estimate of drug-likeness (QED) is 0.772. The molecule has 0 aromatic carbocycles. The second kappa shape index (κ2) is 4.91. The fraction of sp³-hybridized carbons (Fsp3) is 0.500. The predicted molar refractivity (Wildman–Crippen MR) is 55.7 cm³/mol. The molecule has 1 aromatic heterocycles. The Morgan fingerprint density at radius 2 is 2.21 bits per heavy atom. The number of nitrogens with zero attached hydrogens (tertiary/aromatic N) is 1. The van der Waals surface area contributed by atoms with Gasteiger partial charge in [0.25, 0.3) is 0 Å². The highest BCUT2D eigenvalue weighted by Gasteiger charge is 2.07. The van der Waals surface area contributed by atoms with Gasteiger partial charge in [0.05, 0.1) is 0 Å². The fourth-order valence-electron chi connectivity index (χ4n) is 1.11. The van der Waals surface area contributed by atoms with E-state index < -0.39 is 0 Å². The summed E-state index contributed by atoms with van der Waals surface area (Å²) < 4.78 is 13.6. The number of pyridine rings is 1. The van der Waals surface area contributed by atoms with Crippen LogP contribution >= 0.6 is 0 Å². The fourth-order valence-corrected chi connectivity index (χ4v) is 1.11. The zero-order valence-electron chi connectivity index (χ0n) is 8.76. The lowest BCUT2D eigenvalue weighted by Gasteiger charge is -2.10. The van der Waals surface area contributed by atoms with Crippen molar-refractivity contribution in [1.82, 2.24) is 10.3 Å². The lowest BCUT2D eigenvalue weighted by molar-refractivity contribution is 0.552. The first-order valence-electron chi connectivity index (χ1n) is 4.69. The molecule has 78 valence electrons. The van der Waals surface area contributed by atoms with Crippen LogP contribution in [0.1, 0.15) is 19.4 Å². The van der Waals surface area contributed by atoms with E-state index in [0.717, 1.165) is 0 Å². The maximum Gasteiger partial charge on any atom is 0.169 e. The van der Waals surface area contributed by atoms with E-state index in [9.17, 15) is 4.39 Å². The van der Waals surface area contributed by atoms with Crippen molar-refractivity contribution in [3.05, 3.63) is 23.6 Å². The molecule has 0 aliphatic rings. The van der Waals surface area contributed by atoms with Crippen LogP contribution in [0.2, 0.25) is 0 Å². The monoisotopic (exact) mass is 197 g/mol. The van der Waals surface area contributed by atoms with Crippen LogP contribution in [-0.4, -0.2) is 18.1 Å². The molecule has 3 nitrogen and oxygen atoms in total. The number of hydrogen-bond acceptors (Lipinski definition) is 3. The summed E-state index contributed by atoms with van der Waals surface area (Å²) in [5.41, 5.74) is 0.637. The Hall–Kier alpha value is -1.16. The summed E-state index contributed by atoms with van der Waals surface area (Å²) in [6.45, 7) is 4.58. The molecule has 4 heteroatoms. The Labute approximate surface area is 83.7 Å². The third-order valence-electron chi connectivity index (χ3n) is 1.91. The second-order valence-electron chi connectivity index (χ2n) is 3.42. The lowest BCUT2D eigenvalue weighted by Crippen LogP contribution is -2.22. The Balaban J connectivity index is 2.76. The first kappa shape index (κ1) is 10.9. The molecule has 14 heavy (non-hydrogen) atoms. The van der Waals surface area contributed by atoms with Gasteiger partial charge < -0.3 is 10.6 Å². The second-order valence-corrected chi connectivity index (χ2v) is 3.42. The van der Waals surface area contributed by atoms with Gasteiger partial charge in [0.15, 0.2) is 11.6 Å². The Morgan fingerprint density at radius 3 is 2.79 bits per heavy atom. The summed E-state index contributed by atoms with van der Waals surface area (Å²) in [7, 11) is 1.66. The standard InChI is InChI=1S/C10H16FN3/c1-7(2)14-6-8-4-5-13-10(12-3)9(8)11/h4-5,7,14H,6H2,1-3H3,(H,12,13). The van der Waals surface area contributed by atoms with Gasteiger partial charge in [0.2, 0.25) is 0 Å². The first-order valence-corrected chi connectivity index (χ1v) is 4.69. The van der Waals surface area contributed by atoms with Gasteiger partial charge in [-0.3, -0.25) is 0 Å². The predicted octanol–water partition coefficient (Wildman–Crippen LogP) is 1.76. The summed E-state index contributed by atoms with van der Waals surface area (Å²) >= 11 is 0. The molecule has 0 saturated heterocycles. The van der Waals surface area contributed by atoms with Crippen LogP contribution in [0.25, 0.3) is 0 Å². The van der Waals surface area contributed by atoms with E-state index in [0.29, 0.717) is 24.0 Å². The Morgan fingerprint density at radius 1 is 1.50 bits per heavy atom. The summed E-state index contributed by atoms with van der Waals surface area (Å²) in [5, 5.41) is 5.87. The van der Waals surface area contributed by atoms with Crippen LogP contribution in [0.5, 0.6) is 0 Å². The van der Waals surface area contributed by atoms with E-state index in [2.05, 4.69) is 15.6 Å². The smallest absolute Gasteiger partial charge is 0.169 e. The Kier molecular flexibility index (Phi) is 3.83. The van der Waals surface area contributed by atoms with Crippen LogP contribution in [0.4, 0.5) is 10.2 Å². The van der Waals surface area contributed by atoms with Crippen molar-refractivity contribution < 1.29 is 4.39 Å². The van der Waals surface area contributed by atoms with E-state index in [1.54, 1.807) is 19.3 Å². The third kappa shape index (κ3) is 2.67. The minimum absolute atomic E-state index is 0.275. The maximum atomic E-state index is 13.6. The molecule has 0 bridgehead atoms. The van der Waals surface area contributed by atoms with Gasteiger partial charge in [-0.15, -0.1) is 0 Å². The van der Waals surface area contributed by atoms with Gasteiger partial charge in [-0.05, 0) is 6.07 Å². The van der Waals surface area contributed by atoms with Crippen molar-refractivity contribution in [1.29, 1.82) is 0 Å². The highest BCUT2D eigenvalue weighted by atomic mass is 19.1. The van der Waals surface area contributed by atoms with Crippen molar-refractivity contribution in [3.8, 4) is 0 Å². The van der Waals surface area contributed by atoms with Crippen LogP contribution in [0.15, 0.2) is 12.3 Å². The van der Waals surface area contributed by atoms with Gasteiger partial charge in [0.1, 0.15) is 0 Å². The summed E-state index contributed by atoms with van der Waals surface area (Å²) in [5.74, 6) is 0.0243. The van der Waals surface area contributed by atoms with E-state index in [1.807, 2.05) is 13.8 Å². The molecule has 0 atom stereocenters. The molecule has 1 rings (SSSR count). The molecular formula is C10H16FN3. The molecule has 0 aliphatic carbocycles. The van der Waals surface area contributed by atoms with Gasteiger partial charge in [0, 0.05) is 31.4 Å². The number of rotatable bonds is 4. The Bertz CT molecular complexity index is 299. The normalized spacial score (nSPS) is 10.6. The average Bonchev–Trinajstić information content (AvgIpc) is 2.16. The first-order chi connectivity index (χ1) is 6.65. The molecule has 0 unspecified atom stereocenters. The van der Waals surface area contributed by atoms with Gasteiger partial charge in [-0.25, -0.2) is 9.37 Å². The molecule has 0 amide bonds. The number of anilines is 1. The van der Waals surface area contributed by atoms with Crippen LogP contribution in [-0.2, 0) is 6.54 Å². The minimum atomic E-state index is -0.275. The minimum Gasteiger partial charge on any atom is -0.371 e. The SMILES string of the molecule is CNc1nccc(CNC(C)C)c1F. The highest BCUT2D eigenvalue weighted by Crippen LogP contribution is 2.13. The van der Waals surface area contributed by atoms with E-state index in [4.69, 9.17) is 0 Å². The number of halogens is 1. The van der Waals surface area contributed by atoms with E-state index in [1.165, 1.54) is 0 Å². The molecule has 1 heterocycles. The van der Waals surface area contributed by atoms with Crippen LogP contribution < -0.4 is 10.6 Å². The number of hydrogen-bond donors (Lipinski definition) is 2. The van der Waals surface area contributed by atoms with Crippen molar-refractivity contribution >= 4 is 5.82 Å². The summed E-state index contributed by atoms with van der Waals surface area (Å²) in [6, 6.07) is 2.03. The van der Waals surface area contributed by atoms with Crippen molar-refractivity contribution in [2.24, 2.45) is 0 Å². The zero-order chi connectivity index (χ0) is 10.6. The van der Waals surface area contributed by atoms with E-state index in [-0.39, 0.29) is 5.82 Å².